The Morgan fingerprint density at radius 2 is 1.81 bits per heavy atom. The molecule has 0 aromatic carbocycles. The lowest BCUT2D eigenvalue weighted by Gasteiger charge is -2.56. The van der Waals surface area contributed by atoms with Crippen molar-refractivity contribution >= 4 is 0 Å². The van der Waals surface area contributed by atoms with Crippen LogP contribution in [0, 0.1) is 23.2 Å². The first-order valence-corrected chi connectivity index (χ1v) is 8.84. The van der Waals surface area contributed by atoms with Crippen LogP contribution < -0.4 is 5.32 Å². The van der Waals surface area contributed by atoms with E-state index in [1.165, 1.54) is 44.9 Å². The van der Waals surface area contributed by atoms with Gasteiger partial charge in [0, 0.05) is 6.42 Å². The number of hydrogen-bond donors (Lipinski definition) is 1. The van der Waals surface area contributed by atoms with Crippen LogP contribution in [0.1, 0.15) is 69.1 Å². The standard InChI is InChI=1S/C17H25N3O/c1-2-14(18-3-1)16-19-15(21-20-16)10-17-7-11-4-12(8-17)6-13(5-11)9-17/h11-14,18H,1-10H2. The zero-order valence-electron chi connectivity index (χ0n) is 12.7. The number of nitrogens with one attached hydrogen (secondary N) is 1. The summed E-state index contributed by atoms with van der Waals surface area (Å²) in [6, 6.07) is 0.332. The van der Waals surface area contributed by atoms with E-state index in [1.807, 2.05) is 0 Å². The highest BCUT2D eigenvalue weighted by atomic mass is 16.5. The van der Waals surface area contributed by atoms with Crippen molar-refractivity contribution in [3.8, 4) is 0 Å². The molecule has 4 bridgehead atoms. The maximum absolute atomic E-state index is 5.61. The van der Waals surface area contributed by atoms with Crippen molar-refractivity contribution in [3.63, 3.8) is 0 Å². The molecule has 5 fully saturated rings. The zero-order valence-corrected chi connectivity index (χ0v) is 12.7. The van der Waals surface area contributed by atoms with E-state index >= 15 is 0 Å². The topological polar surface area (TPSA) is 51.0 Å². The first-order valence-electron chi connectivity index (χ1n) is 8.84. The molecule has 1 unspecified atom stereocenters. The molecule has 114 valence electrons. The monoisotopic (exact) mass is 287 g/mol. The summed E-state index contributed by atoms with van der Waals surface area (Å²) in [5.74, 6) is 4.79. The summed E-state index contributed by atoms with van der Waals surface area (Å²) in [4.78, 5) is 4.73. The number of aromatic nitrogens is 2. The Morgan fingerprint density at radius 3 is 2.43 bits per heavy atom. The smallest absolute Gasteiger partial charge is 0.227 e. The molecule has 0 radical (unpaired) electrons. The number of rotatable bonds is 3. The Morgan fingerprint density at radius 1 is 1.10 bits per heavy atom. The minimum Gasteiger partial charge on any atom is -0.339 e. The Hall–Kier alpha value is -0.900. The highest BCUT2D eigenvalue weighted by molar-refractivity contribution is 5.06. The third-order valence-corrected chi connectivity index (χ3v) is 6.55. The molecular weight excluding hydrogens is 262 g/mol. The van der Waals surface area contributed by atoms with Gasteiger partial charge >= 0.3 is 0 Å². The second kappa shape index (κ2) is 4.55. The molecule has 1 saturated heterocycles. The molecule has 5 aliphatic rings. The Balaban J connectivity index is 1.35. The molecule has 4 saturated carbocycles. The van der Waals surface area contributed by atoms with Gasteiger partial charge in [0.1, 0.15) is 0 Å². The minimum absolute atomic E-state index is 0.332. The summed E-state index contributed by atoms with van der Waals surface area (Å²) in [5.41, 5.74) is 0.502. The van der Waals surface area contributed by atoms with Gasteiger partial charge in [-0.1, -0.05) is 5.16 Å². The fourth-order valence-electron chi connectivity index (χ4n) is 6.21. The molecule has 4 nitrogen and oxygen atoms in total. The molecule has 4 heteroatoms. The predicted molar refractivity (Wildman–Crippen MR) is 78.6 cm³/mol. The summed E-state index contributed by atoms with van der Waals surface area (Å²) in [7, 11) is 0. The lowest BCUT2D eigenvalue weighted by Crippen LogP contribution is -2.47. The van der Waals surface area contributed by atoms with Gasteiger partial charge in [-0.2, -0.15) is 4.98 Å². The molecule has 0 amide bonds. The highest BCUT2D eigenvalue weighted by Crippen LogP contribution is 2.60. The molecule has 1 N–H and O–H groups in total. The van der Waals surface area contributed by atoms with E-state index in [1.54, 1.807) is 0 Å². The van der Waals surface area contributed by atoms with Crippen molar-refractivity contribution in [2.24, 2.45) is 23.2 Å². The third kappa shape index (κ3) is 2.14. The molecule has 0 spiro atoms. The molecule has 21 heavy (non-hydrogen) atoms. The molecule has 6 rings (SSSR count). The van der Waals surface area contributed by atoms with E-state index in [9.17, 15) is 0 Å². The van der Waals surface area contributed by atoms with Gasteiger partial charge in [0.15, 0.2) is 5.82 Å². The van der Waals surface area contributed by atoms with Crippen LogP contribution in [0.2, 0.25) is 0 Å². The van der Waals surface area contributed by atoms with E-state index in [2.05, 4.69) is 10.5 Å². The summed E-state index contributed by atoms with van der Waals surface area (Å²) in [6.07, 6.45) is 12.2. The van der Waals surface area contributed by atoms with Crippen molar-refractivity contribution in [1.29, 1.82) is 0 Å². The molecule has 1 aromatic rings. The second-order valence-corrected chi connectivity index (χ2v) is 8.29. The van der Waals surface area contributed by atoms with E-state index < -0.39 is 0 Å². The van der Waals surface area contributed by atoms with Crippen molar-refractivity contribution in [3.05, 3.63) is 11.7 Å². The van der Waals surface area contributed by atoms with Gasteiger partial charge in [-0.05, 0) is 81.1 Å². The van der Waals surface area contributed by atoms with Crippen LogP contribution in [0.4, 0.5) is 0 Å². The molecule has 4 aliphatic carbocycles. The first-order chi connectivity index (χ1) is 10.3. The molecule has 2 heterocycles. The third-order valence-electron chi connectivity index (χ3n) is 6.55. The zero-order chi connectivity index (χ0) is 13.9. The lowest BCUT2D eigenvalue weighted by molar-refractivity contribution is -0.0556. The normalized spacial score (nSPS) is 44.6. The lowest BCUT2D eigenvalue weighted by atomic mass is 9.49. The van der Waals surface area contributed by atoms with E-state index in [4.69, 9.17) is 9.51 Å². The fraction of sp³-hybridized carbons (Fsp3) is 0.882. The Kier molecular flexibility index (Phi) is 2.73. The van der Waals surface area contributed by atoms with Gasteiger partial charge in [0.05, 0.1) is 6.04 Å². The maximum atomic E-state index is 5.61. The average molecular weight is 287 g/mol. The largest absolute Gasteiger partial charge is 0.339 e. The summed E-state index contributed by atoms with van der Waals surface area (Å²) in [5, 5.41) is 7.71. The van der Waals surface area contributed by atoms with Gasteiger partial charge in [-0.3, -0.25) is 0 Å². The maximum Gasteiger partial charge on any atom is 0.227 e. The SMILES string of the molecule is C1CNC(c2noc(CC34CC5CC(CC(C5)C3)C4)n2)C1. The summed E-state index contributed by atoms with van der Waals surface area (Å²) in [6.45, 7) is 1.09. The van der Waals surface area contributed by atoms with Gasteiger partial charge in [0.25, 0.3) is 0 Å². The number of hydrogen-bond acceptors (Lipinski definition) is 4. The Bertz CT molecular complexity index is 497. The van der Waals surface area contributed by atoms with E-state index in [0.29, 0.717) is 11.5 Å². The van der Waals surface area contributed by atoms with Crippen LogP contribution in [-0.2, 0) is 6.42 Å². The van der Waals surface area contributed by atoms with Crippen molar-refractivity contribution in [2.45, 2.75) is 63.8 Å². The minimum atomic E-state index is 0.332. The number of nitrogens with zero attached hydrogens (tertiary/aromatic N) is 2. The molecule has 1 aliphatic heterocycles. The predicted octanol–water partition coefficient (Wildman–Crippen LogP) is 3.25. The van der Waals surface area contributed by atoms with Crippen LogP contribution >= 0.6 is 0 Å². The van der Waals surface area contributed by atoms with Crippen molar-refractivity contribution < 1.29 is 4.52 Å². The van der Waals surface area contributed by atoms with Crippen molar-refractivity contribution in [2.75, 3.05) is 6.54 Å². The average Bonchev–Trinajstić information content (AvgIpc) is 3.06. The van der Waals surface area contributed by atoms with Crippen molar-refractivity contribution in [1.82, 2.24) is 15.5 Å². The quantitative estimate of drug-likeness (QED) is 0.927. The van der Waals surface area contributed by atoms with Crippen LogP contribution in [0.25, 0.3) is 0 Å². The van der Waals surface area contributed by atoms with Crippen LogP contribution in [-0.4, -0.2) is 16.7 Å². The van der Waals surface area contributed by atoms with Gasteiger partial charge < -0.3 is 9.84 Å². The van der Waals surface area contributed by atoms with Gasteiger partial charge in [-0.15, -0.1) is 0 Å². The van der Waals surface area contributed by atoms with Crippen LogP contribution in [0.3, 0.4) is 0 Å². The Labute approximate surface area is 126 Å². The molecular formula is C17H25N3O. The fourth-order valence-corrected chi connectivity index (χ4v) is 6.21. The second-order valence-electron chi connectivity index (χ2n) is 8.29. The highest BCUT2D eigenvalue weighted by Gasteiger charge is 2.51. The molecule has 1 aromatic heterocycles. The summed E-state index contributed by atoms with van der Waals surface area (Å²) < 4.78 is 5.61. The van der Waals surface area contributed by atoms with E-state index in [0.717, 1.165) is 48.9 Å². The van der Waals surface area contributed by atoms with Crippen LogP contribution in [0.15, 0.2) is 4.52 Å². The van der Waals surface area contributed by atoms with Gasteiger partial charge in [0.2, 0.25) is 5.89 Å². The summed E-state index contributed by atoms with van der Waals surface area (Å²) >= 11 is 0. The molecule has 1 atom stereocenters. The van der Waals surface area contributed by atoms with Crippen LogP contribution in [0.5, 0.6) is 0 Å². The van der Waals surface area contributed by atoms with Gasteiger partial charge in [-0.25, -0.2) is 0 Å². The van der Waals surface area contributed by atoms with E-state index in [-0.39, 0.29) is 0 Å². The first kappa shape index (κ1) is 12.6.